The smallest absolute Gasteiger partial charge is 0.175 e. The van der Waals surface area contributed by atoms with E-state index in [2.05, 4.69) is 10.1 Å². The maximum Gasteiger partial charge on any atom is 0.175 e. The van der Waals surface area contributed by atoms with Crippen LogP contribution in [-0.2, 0) is 22.8 Å². The summed E-state index contributed by atoms with van der Waals surface area (Å²) in [5.41, 5.74) is 1.88. The van der Waals surface area contributed by atoms with Gasteiger partial charge in [-0.1, -0.05) is 17.3 Å². The van der Waals surface area contributed by atoms with E-state index in [9.17, 15) is 13.5 Å². The molecule has 0 spiro atoms. The molecule has 2 heterocycles. The summed E-state index contributed by atoms with van der Waals surface area (Å²) in [6.07, 6.45) is 1.48. The Kier molecular flexibility index (Phi) is 4.76. The summed E-state index contributed by atoms with van der Waals surface area (Å²) in [5.74, 6) is 0.920. The summed E-state index contributed by atoms with van der Waals surface area (Å²) in [6.45, 7) is 3.94. The minimum atomic E-state index is -3.17. The van der Waals surface area contributed by atoms with Crippen LogP contribution in [0.25, 0.3) is 0 Å². The van der Waals surface area contributed by atoms with Gasteiger partial charge in [0.2, 0.25) is 0 Å². The zero-order valence-electron chi connectivity index (χ0n) is 13.8. The first kappa shape index (κ1) is 17.1. The van der Waals surface area contributed by atoms with Crippen molar-refractivity contribution < 1.29 is 18.0 Å². The molecule has 0 radical (unpaired) electrons. The van der Waals surface area contributed by atoms with E-state index < -0.39 is 15.9 Å². The minimum Gasteiger partial charge on any atom is -0.391 e. The maximum absolute atomic E-state index is 11.5. The Hall–Kier alpha value is -1.70. The molecule has 6 nitrogen and oxygen atoms in total. The van der Waals surface area contributed by atoms with Gasteiger partial charge in [-0.25, -0.2) is 8.42 Å². The Morgan fingerprint density at radius 2 is 2.00 bits per heavy atom. The molecule has 1 aliphatic rings. The topological polar surface area (TPSA) is 83.6 Å². The molecule has 2 aromatic rings. The summed E-state index contributed by atoms with van der Waals surface area (Å²) in [6, 6.07) is 8.82. The standard InChI is InChI=1S/C17H22N2O4S/c1-12-7-15(23-18-12)8-14-10-19(11-17(14)20)9-13-3-5-16(6-4-13)24(2,21)22/h3-7,14,17,20H,8-11H2,1-2H3/t14-,17-/m1/s1. The van der Waals surface area contributed by atoms with Crippen LogP contribution in [0.5, 0.6) is 0 Å². The van der Waals surface area contributed by atoms with E-state index in [-0.39, 0.29) is 5.92 Å². The lowest BCUT2D eigenvalue weighted by Gasteiger charge is -2.15. The largest absolute Gasteiger partial charge is 0.391 e. The van der Waals surface area contributed by atoms with Gasteiger partial charge < -0.3 is 9.63 Å². The van der Waals surface area contributed by atoms with E-state index in [0.717, 1.165) is 23.6 Å². The SMILES string of the molecule is Cc1cc(C[C@@H]2CN(Cc3ccc(S(C)(=O)=O)cc3)C[C@H]2O)on1. The van der Waals surface area contributed by atoms with Gasteiger partial charge in [-0.05, 0) is 24.6 Å². The van der Waals surface area contributed by atoms with Crippen LogP contribution in [-0.4, -0.2) is 49.0 Å². The summed E-state index contributed by atoms with van der Waals surface area (Å²) in [4.78, 5) is 2.50. The average Bonchev–Trinajstić information content (AvgIpc) is 3.05. The van der Waals surface area contributed by atoms with Gasteiger partial charge in [-0.15, -0.1) is 0 Å². The summed E-state index contributed by atoms with van der Waals surface area (Å²) in [5, 5.41) is 14.2. The molecule has 130 valence electrons. The lowest BCUT2D eigenvalue weighted by molar-refractivity contribution is 0.137. The molecule has 1 aromatic heterocycles. The molecule has 1 N–H and O–H groups in total. The number of β-amino-alcohol motifs (C(OH)–C–C–N with tert-alkyl or cyclic N) is 1. The third-order valence-electron chi connectivity index (χ3n) is 4.38. The van der Waals surface area contributed by atoms with Crippen molar-refractivity contribution in [2.45, 2.75) is 30.9 Å². The van der Waals surface area contributed by atoms with Gasteiger partial charge in [0.05, 0.1) is 16.7 Å². The second-order valence-corrected chi connectivity index (χ2v) is 8.59. The Balaban J connectivity index is 1.60. The lowest BCUT2D eigenvalue weighted by atomic mass is 10.0. The van der Waals surface area contributed by atoms with Gasteiger partial charge in [0.25, 0.3) is 0 Å². The molecule has 1 aromatic carbocycles. The Morgan fingerprint density at radius 3 is 2.58 bits per heavy atom. The molecule has 3 rings (SSSR count). The average molecular weight is 350 g/mol. The van der Waals surface area contributed by atoms with Crippen molar-refractivity contribution in [2.24, 2.45) is 5.92 Å². The van der Waals surface area contributed by atoms with Crippen molar-refractivity contribution in [3.8, 4) is 0 Å². The zero-order chi connectivity index (χ0) is 17.3. The molecule has 1 aliphatic heterocycles. The molecule has 24 heavy (non-hydrogen) atoms. The first-order valence-electron chi connectivity index (χ1n) is 7.93. The summed E-state index contributed by atoms with van der Waals surface area (Å²) >= 11 is 0. The quantitative estimate of drug-likeness (QED) is 0.878. The second kappa shape index (κ2) is 6.66. The predicted molar refractivity (Wildman–Crippen MR) is 89.3 cm³/mol. The molecule has 0 aliphatic carbocycles. The third-order valence-corrected chi connectivity index (χ3v) is 5.51. The van der Waals surface area contributed by atoms with Gasteiger partial charge in [0, 0.05) is 44.3 Å². The molecule has 2 atom stereocenters. The fraction of sp³-hybridized carbons (Fsp3) is 0.471. The first-order valence-corrected chi connectivity index (χ1v) is 9.82. The predicted octanol–water partition coefficient (Wildman–Crippen LogP) is 1.42. The third kappa shape index (κ3) is 4.03. The molecule has 0 unspecified atom stereocenters. The summed E-state index contributed by atoms with van der Waals surface area (Å²) in [7, 11) is -3.17. The lowest BCUT2D eigenvalue weighted by Crippen LogP contribution is -2.21. The molecule has 0 bridgehead atoms. The number of likely N-dealkylation sites (tertiary alicyclic amines) is 1. The van der Waals surface area contributed by atoms with Crippen LogP contribution in [0.15, 0.2) is 39.8 Å². The number of hydrogen-bond donors (Lipinski definition) is 1. The van der Waals surface area contributed by atoms with Crippen molar-refractivity contribution in [1.82, 2.24) is 10.1 Å². The normalized spacial score (nSPS) is 22.1. The van der Waals surface area contributed by atoms with Crippen LogP contribution in [0.4, 0.5) is 0 Å². The van der Waals surface area contributed by atoms with Crippen LogP contribution in [0.3, 0.4) is 0 Å². The van der Waals surface area contributed by atoms with Gasteiger partial charge in [0.15, 0.2) is 9.84 Å². The number of sulfone groups is 1. The fourth-order valence-corrected chi connectivity index (χ4v) is 3.77. The Bertz CT molecular complexity index is 798. The van der Waals surface area contributed by atoms with E-state index in [1.54, 1.807) is 12.1 Å². The highest BCUT2D eigenvalue weighted by atomic mass is 32.2. The van der Waals surface area contributed by atoms with Crippen LogP contribution >= 0.6 is 0 Å². The molecular formula is C17H22N2O4S. The van der Waals surface area contributed by atoms with Crippen LogP contribution < -0.4 is 0 Å². The zero-order valence-corrected chi connectivity index (χ0v) is 14.7. The van der Waals surface area contributed by atoms with Crippen molar-refractivity contribution in [2.75, 3.05) is 19.3 Å². The minimum absolute atomic E-state index is 0.118. The molecular weight excluding hydrogens is 328 g/mol. The Morgan fingerprint density at radius 1 is 1.29 bits per heavy atom. The number of aliphatic hydroxyl groups excluding tert-OH is 1. The molecule has 1 fully saturated rings. The molecule has 1 saturated heterocycles. The number of rotatable bonds is 5. The van der Waals surface area contributed by atoms with Crippen molar-refractivity contribution in [1.29, 1.82) is 0 Å². The number of benzene rings is 1. The maximum atomic E-state index is 11.5. The van der Waals surface area contributed by atoms with E-state index in [1.807, 2.05) is 25.1 Å². The number of aliphatic hydroxyl groups is 1. The number of nitrogens with zero attached hydrogens (tertiary/aromatic N) is 2. The number of aryl methyl sites for hydroxylation is 1. The Labute approximate surface area is 142 Å². The molecule has 0 amide bonds. The van der Waals surface area contributed by atoms with Crippen molar-refractivity contribution >= 4 is 9.84 Å². The van der Waals surface area contributed by atoms with Gasteiger partial charge in [0.1, 0.15) is 5.76 Å². The van der Waals surface area contributed by atoms with Crippen LogP contribution in [0.1, 0.15) is 17.0 Å². The van der Waals surface area contributed by atoms with Gasteiger partial charge >= 0.3 is 0 Å². The highest BCUT2D eigenvalue weighted by molar-refractivity contribution is 7.90. The molecule has 0 saturated carbocycles. The first-order chi connectivity index (χ1) is 11.3. The van der Waals surface area contributed by atoms with Gasteiger partial charge in [-0.3, -0.25) is 4.90 Å². The van der Waals surface area contributed by atoms with Gasteiger partial charge in [-0.2, -0.15) is 0 Å². The summed E-state index contributed by atoms with van der Waals surface area (Å²) < 4.78 is 28.2. The highest BCUT2D eigenvalue weighted by Crippen LogP contribution is 2.23. The van der Waals surface area contributed by atoms with E-state index in [0.29, 0.717) is 24.4 Å². The van der Waals surface area contributed by atoms with Crippen molar-refractivity contribution in [3.63, 3.8) is 0 Å². The monoisotopic (exact) mass is 350 g/mol. The number of hydrogen-bond acceptors (Lipinski definition) is 6. The van der Waals surface area contributed by atoms with E-state index in [4.69, 9.17) is 4.52 Å². The second-order valence-electron chi connectivity index (χ2n) is 6.58. The van der Waals surface area contributed by atoms with E-state index in [1.165, 1.54) is 6.26 Å². The fourth-order valence-electron chi connectivity index (χ4n) is 3.14. The van der Waals surface area contributed by atoms with Crippen molar-refractivity contribution in [3.05, 3.63) is 47.3 Å². The van der Waals surface area contributed by atoms with E-state index >= 15 is 0 Å². The molecule has 7 heteroatoms. The number of aromatic nitrogens is 1. The van der Waals surface area contributed by atoms with Crippen LogP contribution in [0.2, 0.25) is 0 Å². The highest BCUT2D eigenvalue weighted by Gasteiger charge is 2.32. The van der Waals surface area contributed by atoms with Crippen LogP contribution in [0, 0.1) is 12.8 Å².